The van der Waals surface area contributed by atoms with Crippen LogP contribution >= 0.6 is 11.6 Å². The first-order chi connectivity index (χ1) is 16.2. The van der Waals surface area contributed by atoms with E-state index in [0.29, 0.717) is 23.3 Å². The molecular weight excluding hydrogens is 467 g/mol. The Morgan fingerprint density at radius 1 is 1.09 bits per heavy atom. The van der Waals surface area contributed by atoms with Crippen molar-refractivity contribution in [2.75, 3.05) is 7.11 Å². The largest absolute Gasteiger partial charge is 0.465 e. The van der Waals surface area contributed by atoms with Crippen molar-refractivity contribution in [3.8, 4) is 11.1 Å². The molecule has 8 heteroatoms. The van der Waals surface area contributed by atoms with Gasteiger partial charge >= 0.3 is 12.1 Å². The van der Waals surface area contributed by atoms with Gasteiger partial charge in [-0.05, 0) is 66.0 Å². The van der Waals surface area contributed by atoms with E-state index in [1.54, 1.807) is 30.5 Å². The Labute approximate surface area is 198 Å². The summed E-state index contributed by atoms with van der Waals surface area (Å²) in [5.41, 5.74) is 2.32. The molecule has 0 radical (unpaired) electrons. The van der Waals surface area contributed by atoms with Gasteiger partial charge in [-0.15, -0.1) is 0 Å². The van der Waals surface area contributed by atoms with Crippen LogP contribution in [0.1, 0.15) is 62.2 Å². The van der Waals surface area contributed by atoms with E-state index in [9.17, 15) is 22.8 Å². The van der Waals surface area contributed by atoms with Gasteiger partial charge in [-0.25, -0.2) is 4.79 Å². The number of rotatable bonds is 3. The van der Waals surface area contributed by atoms with Crippen LogP contribution in [0.3, 0.4) is 0 Å². The maximum Gasteiger partial charge on any atom is 0.417 e. The lowest BCUT2D eigenvalue weighted by Gasteiger charge is -2.34. The Hall–Kier alpha value is -3.06. The van der Waals surface area contributed by atoms with Crippen molar-refractivity contribution in [3.05, 3.63) is 81.6 Å². The zero-order chi connectivity index (χ0) is 23.9. The zero-order valence-electron chi connectivity index (χ0n) is 18.0. The number of alkyl halides is 3. The van der Waals surface area contributed by atoms with Crippen molar-refractivity contribution in [1.29, 1.82) is 0 Å². The van der Waals surface area contributed by atoms with Crippen molar-refractivity contribution < 1.29 is 27.5 Å². The lowest BCUT2D eigenvalue weighted by atomic mass is 9.72. The molecule has 3 saturated carbocycles. The molecule has 0 saturated heterocycles. The molecule has 3 fully saturated rings. The minimum absolute atomic E-state index is 0.184. The van der Waals surface area contributed by atoms with E-state index >= 15 is 0 Å². The van der Waals surface area contributed by atoms with Gasteiger partial charge in [0.1, 0.15) is 0 Å². The number of benzene rings is 2. The fraction of sp³-hybridized carbons (Fsp3) is 0.308. The number of hydrogen-bond acceptors (Lipinski definition) is 3. The fourth-order valence-electron chi connectivity index (χ4n) is 6.38. The molecule has 0 spiro atoms. The molecule has 174 valence electrons. The van der Waals surface area contributed by atoms with Gasteiger partial charge in [0.15, 0.2) is 0 Å². The van der Waals surface area contributed by atoms with Crippen molar-refractivity contribution in [2.24, 2.45) is 11.8 Å². The summed E-state index contributed by atoms with van der Waals surface area (Å²) >= 11 is 6.15. The molecule has 4 nitrogen and oxygen atoms in total. The molecule has 0 aliphatic heterocycles. The van der Waals surface area contributed by atoms with Crippen molar-refractivity contribution in [2.45, 2.75) is 30.9 Å². The van der Waals surface area contributed by atoms with Crippen molar-refractivity contribution in [3.63, 3.8) is 0 Å². The number of nitrogens with zero attached hydrogens (tertiary/aromatic N) is 1. The van der Waals surface area contributed by atoms with Crippen LogP contribution in [0.5, 0.6) is 0 Å². The second kappa shape index (κ2) is 7.22. The van der Waals surface area contributed by atoms with E-state index in [1.807, 2.05) is 0 Å². The number of carbonyl (C=O) groups is 2. The number of esters is 1. The van der Waals surface area contributed by atoms with Crippen LogP contribution in [0, 0.1) is 11.8 Å². The van der Waals surface area contributed by atoms with Crippen LogP contribution in [0.4, 0.5) is 13.2 Å². The lowest BCUT2D eigenvalue weighted by molar-refractivity contribution is -0.137. The Morgan fingerprint density at radius 3 is 2.50 bits per heavy atom. The molecule has 34 heavy (non-hydrogen) atoms. The number of carbonyl (C=O) groups excluding carboxylic acids is 2. The number of ether oxygens (including phenoxy) is 1. The number of hydrogen-bond donors (Lipinski definition) is 0. The second-order valence-electron chi connectivity index (χ2n) is 9.27. The number of aromatic nitrogens is 1. The third-order valence-electron chi connectivity index (χ3n) is 7.76. The van der Waals surface area contributed by atoms with Gasteiger partial charge in [0.25, 0.3) is 5.91 Å². The highest BCUT2D eigenvalue weighted by Crippen LogP contribution is 2.72. The maximum absolute atomic E-state index is 13.7. The highest BCUT2D eigenvalue weighted by Gasteiger charge is 2.62. The number of methoxy groups -OCH3 is 1. The third-order valence-corrected chi connectivity index (χ3v) is 8.07. The smallest absolute Gasteiger partial charge is 0.417 e. The van der Waals surface area contributed by atoms with Crippen LogP contribution in [0.25, 0.3) is 11.1 Å². The Bertz CT molecular complexity index is 1360. The van der Waals surface area contributed by atoms with Crippen LogP contribution in [0.2, 0.25) is 5.02 Å². The van der Waals surface area contributed by atoms with Gasteiger partial charge in [-0.3, -0.25) is 9.36 Å². The molecule has 0 N–H and O–H groups in total. The summed E-state index contributed by atoms with van der Waals surface area (Å²) in [6.07, 6.45) is -0.944. The van der Waals surface area contributed by atoms with E-state index in [1.165, 1.54) is 23.8 Å². The molecule has 4 aliphatic rings. The molecule has 1 heterocycles. The van der Waals surface area contributed by atoms with Crippen molar-refractivity contribution in [1.82, 2.24) is 4.57 Å². The highest BCUT2D eigenvalue weighted by molar-refractivity contribution is 6.34. The molecule has 3 aromatic rings. The summed E-state index contributed by atoms with van der Waals surface area (Å²) in [5, 5.41) is -0.223. The predicted octanol–water partition coefficient (Wildman–Crippen LogP) is 6.52. The van der Waals surface area contributed by atoms with Crippen LogP contribution < -0.4 is 0 Å². The minimum atomic E-state index is -4.71. The molecule has 4 bridgehead atoms. The van der Waals surface area contributed by atoms with Crippen LogP contribution in [-0.4, -0.2) is 23.6 Å². The maximum atomic E-state index is 13.7. The average Bonchev–Trinajstić information content (AvgIpc) is 3.53. The van der Waals surface area contributed by atoms with Gasteiger partial charge < -0.3 is 4.74 Å². The van der Waals surface area contributed by atoms with Gasteiger partial charge in [0, 0.05) is 23.4 Å². The first-order valence-corrected chi connectivity index (χ1v) is 11.4. The topological polar surface area (TPSA) is 48.3 Å². The predicted molar refractivity (Wildman–Crippen MR) is 119 cm³/mol. The lowest BCUT2D eigenvalue weighted by Crippen LogP contribution is -2.28. The molecule has 2 aromatic carbocycles. The minimum Gasteiger partial charge on any atom is -0.465 e. The SMILES string of the molecule is COC(=O)c1ccc(-c2cn(C(=O)c3c(Cl)cccc3C(F)(F)F)c3c2C2CC4CC2C34)cc1. The monoisotopic (exact) mass is 485 g/mol. The molecular formula is C26H19ClF3NO3. The average molecular weight is 486 g/mol. The standard InChI is InChI=1S/C26H19ClF3NO3/c1-34-25(33)13-7-5-12(6-8-13)17-11-31(23-20-14-9-15(20)16(10-14)21(17)23)24(32)22-18(26(28,29)30)3-2-4-19(22)27/h2-8,11,14-16,20H,9-10H2,1H3. The van der Waals surface area contributed by atoms with Crippen molar-refractivity contribution >= 4 is 23.5 Å². The number of fused-ring (bicyclic) bond motifs is 1. The summed E-state index contributed by atoms with van der Waals surface area (Å²) in [6.45, 7) is 0. The van der Waals surface area contributed by atoms with E-state index in [2.05, 4.69) is 0 Å². The van der Waals surface area contributed by atoms with Crippen LogP contribution in [0.15, 0.2) is 48.7 Å². The fourth-order valence-corrected chi connectivity index (χ4v) is 6.63. The molecule has 7 rings (SSSR count). The van der Waals surface area contributed by atoms with E-state index < -0.39 is 29.2 Å². The van der Waals surface area contributed by atoms with E-state index in [4.69, 9.17) is 16.3 Å². The number of halogens is 4. The van der Waals surface area contributed by atoms with E-state index in [-0.39, 0.29) is 10.9 Å². The quantitative estimate of drug-likeness (QED) is 0.397. The van der Waals surface area contributed by atoms with Gasteiger partial charge in [-0.2, -0.15) is 13.2 Å². The molecule has 4 aliphatic carbocycles. The highest BCUT2D eigenvalue weighted by atomic mass is 35.5. The first kappa shape index (κ1) is 21.5. The van der Waals surface area contributed by atoms with Crippen LogP contribution in [-0.2, 0) is 10.9 Å². The zero-order valence-corrected chi connectivity index (χ0v) is 18.8. The normalized spacial score (nSPS) is 24.0. The third kappa shape index (κ3) is 2.86. The van der Waals surface area contributed by atoms with E-state index in [0.717, 1.165) is 41.3 Å². The summed E-state index contributed by atoms with van der Waals surface area (Å²) < 4.78 is 47.4. The molecule has 0 amide bonds. The Morgan fingerprint density at radius 2 is 1.82 bits per heavy atom. The summed E-state index contributed by atoms with van der Waals surface area (Å²) in [5.74, 6) is 0.149. The summed E-state index contributed by atoms with van der Waals surface area (Å²) in [4.78, 5) is 25.5. The van der Waals surface area contributed by atoms with Gasteiger partial charge in [0.2, 0.25) is 0 Å². The first-order valence-electron chi connectivity index (χ1n) is 11.0. The molecule has 1 aromatic heterocycles. The van der Waals surface area contributed by atoms with Gasteiger partial charge in [-0.1, -0.05) is 29.8 Å². The second-order valence-corrected chi connectivity index (χ2v) is 9.68. The molecule has 4 atom stereocenters. The summed E-state index contributed by atoms with van der Waals surface area (Å²) in [7, 11) is 1.31. The Kier molecular flexibility index (Phi) is 4.56. The summed E-state index contributed by atoms with van der Waals surface area (Å²) in [6, 6.07) is 10.3. The Balaban J connectivity index is 1.51. The molecule has 4 unspecified atom stereocenters. The van der Waals surface area contributed by atoms with Gasteiger partial charge in [0.05, 0.1) is 28.8 Å².